The standard InChI is InChI=1S/C33H39FN2O5/c1-20-25(13-8-14-28(20)34)30-26(31(39)21-9-6-11-23(37)15-21)17-36(19-29(35(4)5)33(2,3)41)18-27(30)32(40)22-10-7-12-24(38)16-22/h6-16,26-27,29-30,37-38,41H,17-19H2,1-5H3/t26-,27+,29-,30+/m1/s1. The number of aromatic hydroxyl groups is 2. The van der Waals surface area contributed by atoms with Crippen molar-refractivity contribution in [1.29, 1.82) is 0 Å². The average molecular weight is 563 g/mol. The maximum absolute atomic E-state index is 14.9. The van der Waals surface area contributed by atoms with Gasteiger partial charge >= 0.3 is 0 Å². The predicted molar refractivity (Wildman–Crippen MR) is 156 cm³/mol. The summed E-state index contributed by atoms with van der Waals surface area (Å²) in [5.41, 5.74) is 0.469. The number of halogens is 1. The van der Waals surface area contributed by atoms with E-state index in [-0.39, 0.29) is 42.2 Å². The molecule has 4 atom stereocenters. The number of benzene rings is 3. The van der Waals surface area contributed by atoms with Crippen LogP contribution in [-0.4, -0.2) is 82.1 Å². The minimum absolute atomic E-state index is 0.0518. The van der Waals surface area contributed by atoms with Crippen LogP contribution in [0.15, 0.2) is 66.7 Å². The van der Waals surface area contributed by atoms with Crippen molar-refractivity contribution in [1.82, 2.24) is 9.80 Å². The fraction of sp³-hybridized carbons (Fsp3) is 0.394. The van der Waals surface area contributed by atoms with Gasteiger partial charge in [0.05, 0.1) is 11.6 Å². The van der Waals surface area contributed by atoms with Crippen molar-refractivity contribution >= 4 is 11.6 Å². The highest BCUT2D eigenvalue weighted by Gasteiger charge is 2.46. The van der Waals surface area contributed by atoms with E-state index in [2.05, 4.69) is 0 Å². The molecule has 0 unspecified atom stereocenters. The Hall–Kier alpha value is -3.59. The number of aliphatic hydroxyl groups is 1. The molecule has 1 fully saturated rings. The van der Waals surface area contributed by atoms with Gasteiger partial charge in [-0.05, 0) is 76.3 Å². The van der Waals surface area contributed by atoms with E-state index in [0.29, 0.717) is 28.8 Å². The SMILES string of the molecule is Cc1c(F)cccc1[C@@H]1[C@@H](C(=O)c2cccc(O)c2)CN(C[C@@H](N(C)C)C(C)(C)O)C[C@H]1C(=O)c1cccc(O)c1. The van der Waals surface area contributed by atoms with Gasteiger partial charge < -0.3 is 25.1 Å². The summed E-state index contributed by atoms with van der Waals surface area (Å²) in [6.07, 6.45) is 0. The third-order valence-corrected chi connectivity index (χ3v) is 8.25. The van der Waals surface area contributed by atoms with Gasteiger partial charge in [0.1, 0.15) is 17.3 Å². The van der Waals surface area contributed by atoms with E-state index < -0.39 is 29.2 Å². The van der Waals surface area contributed by atoms with Crippen LogP contribution in [0.4, 0.5) is 4.39 Å². The van der Waals surface area contributed by atoms with Crippen molar-refractivity contribution < 1.29 is 29.3 Å². The van der Waals surface area contributed by atoms with Crippen LogP contribution >= 0.6 is 0 Å². The first-order valence-electron chi connectivity index (χ1n) is 13.8. The van der Waals surface area contributed by atoms with E-state index in [0.717, 1.165) is 0 Å². The first-order valence-corrected chi connectivity index (χ1v) is 13.8. The zero-order chi connectivity index (χ0) is 30.1. The van der Waals surface area contributed by atoms with E-state index in [1.54, 1.807) is 57.2 Å². The molecule has 4 rings (SSSR count). The van der Waals surface area contributed by atoms with Crippen molar-refractivity contribution in [3.63, 3.8) is 0 Å². The second-order valence-electron chi connectivity index (χ2n) is 11.9. The smallest absolute Gasteiger partial charge is 0.167 e. The normalized spacial score (nSPS) is 20.6. The van der Waals surface area contributed by atoms with Gasteiger partial charge in [0.2, 0.25) is 0 Å². The molecule has 1 aliphatic rings. The number of likely N-dealkylation sites (N-methyl/N-ethyl adjacent to an activating group) is 1. The molecular weight excluding hydrogens is 523 g/mol. The Bertz CT molecular complexity index is 1350. The number of hydrogen-bond acceptors (Lipinski definition) is 7. The predicted octanol–water partition coefficient (Wildman–Crippen LogP) is 4.64. The lowest BCUT2D eigenvalue weighted by molar-refractivity contribution is -0.0258. The molecule has 0 radical (unpaired) electrons. The zero-order valence-electron chi connectivity index (χ0n) is 24.2. The summed E-state index contributed by atoms with van der Waals surface area (Å²) >= 11 is 0. The van der Waals surface area contributed by atoms with Crippen LogP contribution in [0.5, 0.6) is 11.5 Å². The van der Waals surface area contributed by atoms with Crippen LogP contribution in [0, 0.1) is 24.6 Å². The van der Waals surface area contributed by atoms with Crippen molar-refractivity contribution in [2.24, 2.45) is 11.8 Å². The Morgan fingerprint density at radius 2 is 1.41 bits per heavy atom. The maximum Gasteiger partial charge on any atom is 0.167 e. The van der Waals surface area contributed by atoms with Gasteiger partial charge in [-0.15, -0.1) is 0 Å². The number of nitrogens with zero attached hydrogens (tertiary/aromatic N) is 2. The minimum Gasteiger partial charge on any atom is -0.508 e. The molecule has 218 valence electrons. The van der Waals surface area contributed by atoms with E-state index >= 15 is 0 Å². The molecular formula is C33H39FN2O5. The van der Waals surface area contributed by atoms with Crippen LogP contribution in [0.2, 0.25) is 0 Å². The number of phenols is 2. The molecule has 3 N–H and O–H groups in total. The van der Waals surface area contributed by atoms with Gasteiger partial charge in [-0.2, -0.15) is 0 Å². The molecule has 1 aliphatic heterocycles. The van der Waals surface area contributed by atoms with E-state index in [4.69, 9.17) is 0 Å². The maximum atomic E-state index is 14.9. The van der Waals surface area contributed by atoms with Crippen LogP contribution in [0.3, 0.4) is 0 Å². The third kappa shape index (κ3) is 6.67. The van der Waals surface area contributed by atoms with Gasteiger partial charge in [0, 0.05) is 48.5 Å². The van der Waals surface area contributed by atoms with Gasteiger partial charge in [-0.3, -0.25) is 9.59 Å². The van der Waals surface area contributed by atoms with Crippen molar-refractivity contribution in [2.75, 3.05) is 33.7 Å². The van der Waals surface area contributed by atoms with Gasteiger partial charge in [0.15, 0.2) is 11.6 Å². The fourth-order valence-corrected chi connectivity index (χ4v) is 6.21. The van der Waals surface area contributed by atoms with Gasteiger partial charge in [0.25, 0.3) is 0 Å². The highest BCUT2D eigenvalue weighted by Crippen LogP contribution is 2.43. The monoisotopic (exact) mass is 562 g/mol. The Labute approximate surface area is 240 Å². The number of carbonyl (C=O) groups is 2. The van der Waals surface area contributed by atoms with Crippen LogP contribution in [-0.2, 0) is 0 Å². The second kappa shape index (κ2) is 12.1. The molecule has 1 saturated heterocycles. The number of phenolic OH excluding ortho intramolecular Hbond substituents is 2. The molecule has 0 saturated carbocycles. The summed E-state index contributed by atoms with van der Waals surface area (Å²) in [5, 5.41) is 31.2. The fourth-order valence-electron chi connectivity index (χ4n) is 6.21. The summed E-state index contributed by atoms with van der Waals surface area (Å²) in [4.78, 5) is 32.4. The first-order chi connectivity index (χ1) is 19.3. The second-order valence-corrected chi connectivity index (χ2v) is 11.9. The quantitative estimate of drug-likeness (QED) is 0.327. The number of ketones is 2. The molecule has 0 amide bonds. The lowest BCUT2D eigenvalue weighted by Crippen LogP contribution is -2.57. The minimum atomic E-state index is -1.07. The van der Waals surface area contributed by atoms with Crippen LogP contribution in [0.25, 0.3) is 0 Å². The highest BCUT2D eigenvalue weighted by atomic mass is 19.1. The Kier molecular flexibility index (Phi) is 8.97. The molecule has 0 spiro atoms. The highest BCUT2D eigenvalue weighted by molar-refractivity contribution is 6.02. The summed E-state index contributed by atoms with van der Waals surface area (Å²) in [7, 11) is 3.74. The Balaban J connectivity index is 1.88. The van der Waals surface area contributed by atoms with E-state index in [9.17, 15) is 29.3 Å². The van der Waals surface area contributed by atoms with Gasteiger partial charge in [-0.1, -0.05) is 36.4 Å². The number of piperidine rings is 1. The molecule has 1 heterocycles. The molecule has 0 aromatic heterocycles. The molecule has 3 aromatic rings. The lowest BCUT2D eigenvalue weighted by atomic mass is 9.67. The third-order valence-electron chi connectivity index (χ3n) is 8.25. The number of Topliss-reactive ketones (excluding diaryl/α,β-unsaturated/α-hetero) is 2. The number of rotatable bonds is 9. The van der Waals surface area contributed by atoms with Crippen molar-refractivity contribution in [3.8, 4) is 11.5 Å². The lowest BCUT2D eigenvalue weighted by Gasteiger charge is -2.46. The molecule has 8 heteroatoms. The van der Waals surface area contributed by atoms with Crippen molar-refractivity contribution in [3.05, 3.63) is 94.8 Å². The molecule has 7 nitrogen and oxygen atoms in total. The van der Waals surface area contributed by atoms with Crippen LogP contribution < -0.4 is 0 Å². The van der Waals surface area contributed by atoms with Crippen molar-refractivity contribution in [2.45, 2.75) is 38.3 Å². The topological polar surface area (TPSA) is 101 Å². The van der Waals surface area contributed by atoms with Crippen LogP contribution in [0.1, 0.15) is 51.6 Å². The van der Waals surface area contributed by atoms with E-state index in [1.165, 1.54) is 30.3 Å². The zero-order valence-corrected chi connectivity index (χ0v) is 24.2. The summed E-state index contributed by atoms with van der Waals surface area (Å²) in [6.45, 7) is 6.01. The summed E-state index contributed by atoms with van der Waals surface area (Å²) < 4.78 is 14.9. The Morgan fingerprint density at radius 3 is 1.85 bits per heavy atom. The summed E-state index contributed by atoms with van der Waals surface area (Å²) in [5.74, 6) is -3.26. The van der Waals surface area contributed by atoms with E-state index in [1.807, 2.05) is 23.9 Å². The molecule has 41 heavy (non-hydrogen) atoms. The average Bonchev–Trinajstić information content (AvgIpc) is 2.91. The molecule has 3 aromatic carbocycles. The first kappa shape index (κ1) is 30.4. The number of carbonyl (C=O) groups excluding carboxylic acids is 2. The summed E-state index contributed by atoms with van der Waals surface area (Å²) in [6, 6.07) is 16.6. The molecule has 0 bridgehead atoms. The largest absolute Gasteiger partial charge is 0.508 e. The Morgan fingerprint density at radius 1 is 0.927 bits per heavy atom. The van der Waals surface area contributed by atoms with Gasteiger partial charge in [-0.25, -0.2) is 4.39 Å². The number of likely N-dealkylation sites (tertiary alicyclic amines) is 1. The number of hydrogen-bond donors (Lipinski definition) is 3. The molecule has 0 aliphatic carbocycles.